The molecule has 0 spiro atoms. The molecule has 0 amide bonds. The first kappa shape index (κ1) is 14.4. The number of ether oxygens (including phenoxy) is 1. The summed E-state index contributed by atoms with van der Waals surface area (Å²) in [4.78, 5) is 4.13. The second kappa shape index (κ2) is 6.46. The molecule has 0 saturated carbocycles. The van der Waals surface area contributed by atoms with Crippen molar-refractivity contribution in [3.05, 3.63) is 50.5 Å². The lowest BCUT2D eigenvalue weighted by molar-refractivity contribution is 0.393. The summed E-state index contributed by atoms with van der Waals surface area (Å²) >= 11 is 15.6. The van der Waals surface area contributed by atoms with Gasteiger partial charge in [-0.15, -0.1) is 0 Å². The summed E-state index contributed by atoms with van der Waals surface area (Å²) in [7, 11) is 1.59. The van der Waals surface area contributed by atoms with Crippen LogP contribution in [0.15, 0.2) is 34.9 Å². The van der Waals surface area contributed by atoms with Crippen LogP contribution in [0.25, 0.3) is 0 Å². The first-order chi connectivity index (χ1) is 9.13. The van der Waals surface area contributed by atoms with Crippen LogP contribution in [0, 0.1) is 0 Å². The van der Waals surface area contributed by atoms with Crippen LogP contribution in [0.5, 0.6) is 5.88 Å². The zero-order valence-electron chi connectivity index (χ0n) is 10.1. The fourth-order valence-electron chi connectivity index (χ4n) is 1.60. The Balaban J connectivity index is 2.17. The monoisotopic (exact) mass is 360 g/mol. The van der Waals surface area contributed by atoms with E-state index in [1.807, 2.05) is 24.3 Å². The van der Waals surface area contributed by atoms with E-state index in [-0.39, 0.29) is 0 Å². The molecule has 1 N–H and O–H groups in total. The van der Waals surface area contributed by atoms with Crippen LogP contribution in [0.4, 0.5) is 5.69 Å². The fourth-order valence-corrected chi connectivity index (χ4v) is 2.44. The normalized spacial score (nSPS) is 10.3. The van der Waals surface area contributed by atoms with Crippen LogP contribution in [0.2, 0.25) is 10.0 Å². The summed E-state index contributed by atoms with van der Waals surface area (Å²) in [5.74, 6) is 0.592. The van der Waals surface area contributed by atoms with Crippen molar-refractivity contribution < 1.29 is 4.74 Å². The second-order valence-electron chi connectivity index (χ2n) is 3.75. The Morgan fingerprint density at radius 3 is 2.79 bits per heavy atom. The second-order valence-corrected chi connectivity index (χ2v) is 5.36. The topological polar surface area (TPSA) is 34.1 Å². The molecule has 0 aliphatic carbocycles. The Kier molecular flexibility index (Phi) is 4.91. The molecule has 1 heterocycles. The third-order valence-electron chi connectivity index (χ3n) is 2.55. The zero-order valence-corrected chi connectivity index (χ0v) is 13.2. The van der Waals surface area contributed by atoms with E-state index in [0.717, 1.165) is 15.7 Å². The Morgan fingerprint density at radius 2 is 2.05 bits per heavy atom. The molecule has 6 heteroatoms. The van der Waals surface area contributed by atoms with Gasteiger partial charge in [0.15, 0.2) is 0 Å². The highest BCUT2D eigenvalue weighted by Crippen LogP contribution is 2.36. The standard InChI is InChI=1S/C13H11BrCl2N2O/c1-19-13-8(3-2-6-17-13)7-18-10-5-4-9(14)11(15)12(10)16/h2-6,18H,7H2,1H3. The molecule has 0 aliphatic heterocycles. The lowest BCUT2D eigenvalue weighted by Gasteiger charge is -2.12. The predicted molar refractivity (Wildman–Crippen MR) is 82.3 cm³/mol. The van der Waals surface area contributed by atoms with E-state index in [2.05, 4.69) is 26.2 Å². The molecule has 0 aliphatic rings. The van der Waals surface area contributed by atoms with Crippen LogP contribution < -0.4 is 10.1 Å². The van der Waals surface area contributed by atoms with Gasteiger partial charge in [-0.05, 0) is 34.1 Å². The van der Waals surface area contributed by atoms with Gasteiger partial charge in [-0.25, -0.2) is 4.98 Å². The summed E-state index contributed by atoms with van der Waals surface area (Å²) in [6.07, 6.45) is 1.69. The molecule has 100 valence electrons. The third kappa shape index (κ3) is 3.32. The molecule has 0 unspecified atom stereocenters. The average Bonchev–Trinajstić information content (AvgIpc) is 2.44. The predicted octanol–water partition coefficient (Wildman–Crippen LogP) is 4.77. The number of benzene rings is 1. The maximum absolute atomic E-state index is 6.17. The lowest BCUT2D eigenvalue weighted by atomic mass is 10.2. The number of hydrogen-bond donors (Lipinski definition) is 1. The lowest BCUT2D eigenvalue weighted by Crippen LogP contribution is -2.03. The largest absolute Gasteiger partial charge is 0.481 e. The molecule has 3 nitrogen and oxygen atoms in total. The highest BCUT2D eigenvalue weighted by atomic mass is 79.9. The number of rotatable bonds is 4. The van der Waals surface area contributed by atoms with Gasteiger partial charge < -0.3 is 10.1 Å². The van der Waals surface area contributed by atoms with Gasteiger partial charge in [0, 0.05) is 22.8 Å². The van der Waals surface area contributed by atoms with Gasteiger partial charge in [0.25, 0.3) is 0 Å². The van der Waals surface area contributed by atoms with Crippen molar-refractivity contribution in [2.24, 2.45) is 0 Å². The summed E-state index contributed by atoms with van der Waals surface area (Å²) in [5.41, 5.74) is 1.71. The van der Waals surface area contributed by atoms with Crippen LogP contribution in [-0.4, -0.2) is 12.1 Å². The maximum atomic E-state index is 6.17. The number of nitrogens with one attached hydrogen (secondary N) is 1. The molecule has 19 heavy (non-hydrogen) atoms. The Labute approximate surface area is 130 Å². The van der Waals surface area contributed by atoms with Crippen LogP contribution in [-0.2, 0) is 6.54 Å². The Morgan fingerprint density at radius 1 is 1.26 bits per heavy atom. The number of hydrogen-bond acceptors (Lipinski definition) is 3. The van der Waals surface area contributed by atoms with Crippen molar-refractivity contribution >= 4 is 44.8 Å². The molecule has 0 atom stereocenters. The van der Waals surface area contributed by atoms with E-state index < -0.39 is 0 Å². The van der Waals surface area contributed by atoms with E-state index in [0.29, 0.717) is 22.5 Å². The number of methoxy groups -OCH3 is 1. The van der Waals surface area contributed by atoms with Gasteiger partial charge in [-0.3, -0.25) is 0 Å². The summed E-state index contributed by atoms with van der Waals surface area (Å²) in [5, 5.41) is 4.19. The van der Waals surface area contributed by atoms with E-state index >= 15 is 0 Å². The minimum Gasteiger partial charge on any atom is -0.481 e. The average molecular weight is 362 g/mol. The SMILES string of the molecule is COc1ncccc1CNc1ccc(Br)c(Cl)c1Cl. The van der Waals surface area contributed by atoms with Crippen molar-refractivity contribution in [2.45, 2.75) is 6.54 Å². The van der Waals surface area contributed by atoms with Crippen LogP contribution >= 0.6 is 39.1 Å². The first-order valence-electron chi connectivity index (χ1n) is 5.48. The quantitative estimate of drug-likeness (QED) is 0.796. The summed E-state index contributed by atoms with van der Waals surface area (Å²) in [6.45, 7) is 0.550. The van der Waals surface area contributed by atoms with Crippen LogP contribution in [0.3, 0.4) is 0 Å². The van der Waals surface area contributed by atoms with Gasteiger partial charge in [0.1, 0.15) is 0 Å². The molecule has 0 bridgehead atoms. The number of halogens is 3. The molecule has 0 fully saturated rings. The van der Waals surface area contributed by atoms with E-state index in [1.54, 1.807) is 13.3 Å². The maximum Gasteiger partial charge on any atom is 0.218 e. The van der Waals surface area contributed by atoms with E-state index in [9.17, 15) is 0 Å². The third-order valence-corrected chi connectivity index (χ3v) is 4.32. The van der Waals surface area contributed by atoms with Crippen molar-refractivity contribution in [2.75, 3.05) is 12.4 Å². The highest BCUT2D eigenvalue weighted by Gasteiger charge is 2.09. The summed E-state index contributed by atoms with van der Waals surface area (Å²) in [6, 6.07) is 7.50. The van der Waals surface area contributed by atoms with Crippen molar-refractivity contribution in [1.29, 1.82) is 0 Å². The Hall–Kier alpha value is -0.970. The number of nitrogens with zero attached hydrogens (tertiary/aromatic N) is 1. The minimum absolute atomic E-state index is 0.485. The van der Waals surface area contributed by atoms with Gasteiger partial charge >= 0.3 is 0 Å². The van der Waals surface area contributed by atoms with E-state index in [1.165, 1.54) is 0 Å². The van der Waals surface area contributed by atoms with Gasteiger partial charge in [0.2, 0.25) is 5.88 Å². The highest BCUT2D eigenvalue weighted by molar-refractivity contribution is 9.10. The Bertz CT molecular complexity index is 593. The van der Waals surface area contributed by atoms with Gasteiger partial charge in [-0.2, -0.15) is 0 Å². The number of pyridine rings is 1. The summed E-state index contributed by atoms with van der Waals surface area (Å²) < 4.78 is 5.96. The molecule has 2 rings (SSSR count). The molecule has 2 aromatic rings. The van der Waals surface area contributed by atoms with Crippen LogP contribution in [0.1, 0.15) is 5.56 Å². The number of aromatic nitrogens is 1. The first-order valence-corrected chi connectivity index (χ1v) is 7.03. The fraction of sp³-hybridized carbons (Fsp3) is 0.154. The van der Waals surface area contributed by atoms with Crippen molar-refractivity contribution in [3.63, 3.8) is 0 Å². The molecule has 1 aromatic carbocycles. The van der Waals surface area contributed by atoms with Crippen molar-refractivity contribution in [3.8, 4) is 5.88 Å². The molecular formula is C13H11BrCl2N2O. The van der Waals surface area contributed by atoms with Gasteiger partial charge in [0.05, 0.1) is 22.8 Å². The molecular weight excluding hydrogens is 351 g/mol. The molecule has 0 radical (unpaired) electrons. The van der Waals surface area contributed by atoms with Crippen molar-refractivity contribution in [1.82, 2.24) is 4.98 Å². The number of anilines is 1. The smallest absolute Gasteiger partial charge is 0.218 e. The van der Waals surface area contributed by atoms with E-state index in [4.69, 9.17) is 27.9 Å². The minimum atomic E-state index is 0.485. The molecule has 1 aromatic heterocycles. The molecule has 0 saturated heterocycles. The zero-order chi connectivity index (χ0) is 13.8. The van der Waals surface area contributed by atoms with Gasteiger partial charge in [-0.1, -0.05) is 29.3 Å².